The number of nitrogen functional groups attached to an aromatic ring is 1. The summed E-state index contributed by atoms with van der Waals surface area (Å²) in [6, 6.07) is 8.14. The van der Waals surface area contributed by atoms with E-state index in [9.17, 15) is 9.90 Å². The van der Waals surface area contributed by atoms with Crippen LogP contribution in [0.1, 0.15) is 17.2 Å². The van der Waals surface area contributed by atoms with Gasteiger partial charge in [0, 0.05) is 21.8 Å². The van der Waals surface area contributed by atoms with E-state index in [1.54, 1.807) is 24.3 Å². The van der Waals surface area contributed by atoms with Crippen LogP contribution in [0.3, 0.4) is 0 Å². The number of nitrogens with one attached hydrogen (secondary N) is 2. The molecule has 164 valence electrons. The first-order valence-electron chi connectivity index (χ1n) is 8.57. The number of ether oxygens (including phenoxy) is 2. The van der Waals surface area contributed by atoms with Gasteiger partial charge in [-0.1, -0.05) is 23.2 Å². The van der Waals surface area contributed by atoms with Crippen molar-refractivity contribution in [1.82, 2.24) is 0 Å². The monoisotopic (exact) mass is 465 g/mol. The van der Waals surface area contributed by atoms with Gasteiger partial charge in [0.05, 0.1) is 24.8 Å². The number of benzene rings is 2. The van der Waals surface area contributed by atoms with Gasteiger partial charge in [-0.05, 0) is 36.4 Å². The average Bonchev–Trinajstić information content (AvgIpc) is 2.67. The first-order valence-corrected chi connectivity index (χ1v) is 9.33. The Labute approximate surface area is 201 Å². The number of aliphatic hydroxyl groups excluding tert-OH is 1. The predicted molar refractivity (Wildman–Crippen MR) is 113 cm³/mol. The third kappa shape index (κ3) is 8.59. The number of carboxylic acid groups (broad SMARTS) is 1. The summed E-state index contributed by atoms with van der Waals surface area (Å²) in [5, 5.41) is 29.2. The van der Waals surface area contributed by atoms with Gasteiger partial charge in [0.15, 0.2) is 6.04 Å². The summed E-state index contributed by atoms with van der Waals surface area (Å²) in [6.45, 7) is 0.352. The zero-order valence-corrected chi connectivity index (χ0v) is 18.3. The van der Waals surface area contributed by atoms with Crippen molar-refractivity contribution in [3.63, 3.8) is 0 Å². The summed E-state index contributed by atoms with van der Waals surface area (Å²) in [7, 11) is 0. The molecule has 0 fully saturated rings. The van der Waals surface area contributed by atoms with Crippen LogP contribution in [-0.4, -0.2) is 53.9 Å². The van der Waals surface area contributed by atoms with Crippen molar-refractivity contribution < 1.29 is 48.8 Å². The van der Waals surface area contributed by atoms with Gasteiger partial charge in [-0.15, -0.1) is 0 Å². The maximum atomic E-state index is 12.0. The molecule has 0 aliphatic heterocycles. The van der Waals surface area contributed by atoms with Gasteiger partial charge in [0.25, 0.3) is 0 Å². The minimum absolute atomic E-state index is 0. The molecule has 7 N–H and O–H groups in total. The summed E-state index contributed by atoms with van der Waals surface area (Å²) in [5.41, 5.74) is 6.69. The van der Waals surface area contributed by atoms with Gasteiger partial charge in [-0.2, -0.15) is 0 Å². The Morgan fingerprint density at radius 2 is 1.81 bits per heavy atom. The molecule has 2 aromatic carbocycles. The van der Waals surface area contributed by atoms with E-state index in [-0.39, 0.29) is 78.0 Å². The van der Waals surface area contributed by atoms with Crippen molar-refractivity contribution in [2.24, 2.45) is 5.73 Å². The van der Waals surface area contributed by atoms with E-state index in [1.807, 2.05) is 0 Å². The molecule has 0 bridgehead atoms. The largest absolute Gasteiger partial charge is 1.00 e. The van der Waals surface area contributed by atoms with Crippen LogP contribution in [0, 0.1) is 5.41 Å². The van der Waals surface area contributed by atoms with Crippen LogP contribution >= 0.6 is 23.2 Å². The molecule has 12 heteroatoms. The number of carbonyl (C=O) groups is 1. The zero-order chi connectivity index (χ0) is 21.4. The van der Waals surface area contributed by atoms with Crippen LogP contribution in [0.5, 0.6) is 5.75 Å². The molecule has 1 unspecified atom stereocenters. The normalized spacial score (nSPS) is 10.9. The summed E-state index contributed by atoms with van der Waals surface area (Å²) < 4.78 is 10.8. The summed E-state index contributed by atoms with van der Waals surface area (Å²) in [6.07, 6.45) is 0. The van der Waals surface area contributed by atoms with E-state index in [4.69, 9.17) is 48.9 Å². The second kappa shape index (κ2) is 14.2. The van der Waals surface area contributed by atoms with Gasteiger partial charge in [-0.3, -0.25) is 5.41 Å². The van der Waals surface area contributed by atoms with E-state index in [0.717, 1.165) is 0 Å². The van der Waals surface area contributed by atoms with Gasteiger partial charge < -0.3 is 36.2 Å². The van der Waals surface area contributed by atoms with E-state index >= 15 is 0 Å². The molecule has 31 heavy (non-hydrogen) atoms. The molecule has 0 saturated heterocycles. The number of aliphatic carboxylic acids is 1. The molecule has 0 saturated carbocycles. The number of hydrogen-bond donors (Lipinski definition) is 5. The van der Waals surface area contributed by atoms with Gasteiger partial charge >= 0.3 is 24.8 Å². The van der Waals surface area contributed by atoms with Crippen molar-refractivity contribution >= 4 is 40.7 Å². The van der Waals surface area contributed by atoms with Crippen molar-refractivity contribution in [2.75, 3.05) is 31.7 Å². The molecule has 0 aliphatic rings. The van der Waals surface area contributed by atoms with Crippen LogP contribution in [0.15, 0.2) is 36.4 Å². The summed E-state index contributed by atoms with van der Waals surface area (Å²) in [4.78, 5) is 12.0. The van der Waals surface area contributed by atoms with E-state index in [1.165, 1.54) is 12.1 Å². The number of hydrogen-bond acceptors (Lipinski definition) is 7. The smallest absolute Gasteiger partial charge is 0.870 e. The Morgan fingerprint density at radius 1 is 1.16 bits per heavy atom. The molecule has 2 rings (SSSR count). The minimum Gasteiger partial charge on any atom is -0.870 e. The summed E-state index contributed by atoms with van der Waals surface area (Å²) in [5.74, 6) is -1.09. The molecule has 0 aliphatic carbocycles. The molecule has 0 heterocycles. The zero-order valence-electron chi connectivity index (χ0n) is 16.8. The molecular formula is C19H22Cl2LiN3O6. The SMILES string of the molecule is N=C(N)c1ccc(NC(C(=O)O)c2cc(Cl)cc(Cl)c2OCCOCCO)cc1.[Li+].[OH-]. The van der Waals surface area contributed by atoms with Gasteiger partial charge in [-0.25, -0.2) is 4.79 Å². The maximum absolute atomic E-state index is 12.0. The minimum atomic E-state index is -1.21. The van der Waals surface area contributed by atoms with Crippen molar-refractivity contribution in [3.8, 4) is 5.75 Å². The van der Waals surface area contributed by atoms with Crippen LogP contribution < -0.4 is 34.6 Å². The Kier molecular flexibility index (Phi) is 13.3. The molecule has 2 aromatic rings. The van der Waals surface area contributed by atoms with Crippen LogP contribution in [0.4, 0.5) is 5.69 Å². The van der Waals surface area contributed by atoms with Crippen molar-refractivity contribution in [2.45, 2.75) is 6.04 Å². The molecule has 0 amide bonds. The molecule has 0 aromatic heterocycles. The predicted octanol–water partition coefficient (Wildman–Crippen LogP) is -0.270. The van der Waals surface area contributed by atoms with E-state index in [0.29, 0.717) is 11.3 Å². The number of carboxylic acids is 1. The first kappa shape index (κ1) is 29.0. The van der Waals surface area contributed by atoms with E-state index < -0.39 is 12.0 Å². The third-order valence-corrected chi connectivity index (χ3v) is 4.31. The van der Waals surface area contributed by atoms with Crippen molar-refractivity contribution in [3.05, 3.63) is 57.6 Å². The first-order chi connectivity index (χ1) is 13.8. The molecular weight excluding hydrogens is 444 g/mol. The van der Waals surface area contributed by atoms with Gasteiger partial charge in [0.2, 0.25) is 0 Å². The quantitative estimate of drug-likeness (QED) is 0.131. The maximum Gasteiger partial charge on any atom is 1.00 e. The van der Waals surface area contributed by atoms with Gasteiger partial charge in [0.1, 0.15) is 18.2 Å². The fourth-order valence-electron chi connectivity index (χ4n) is 2.50. The Balaban J connectivity index is 0.00000450. The second-order valence-electron chi connectivity index (χ2n) is 5.90. The van der Waals surface area contributed by atoms with Crippen LogP contribution in [0.2, 0.25) is 10.0 Å². The van der Waals surface area contributed by atoms with Crippen LogP contribution in [0.25, 0.3) is 0 Å². The van der Waals surface area contributed by atoms with E-state index in [2.05, 4.69) is 5.32 Å². The average molecular weight is 466 g/mol. The molecule has 9 nitrogen and oxygen atoms in total. The third-order valence-electron chi connectivity index (χ3n) is 3.81. The Bertz CT molecular complexity index is 870. The van der Waals surface area contributed by atoms with Crippen LogP contribution in [-0.2, 0) is 9.53 Å². The number of nitrogens with two attached hydrogens (primary N) is 1. The fourth-order valence-corrected chi connectivity index (χ4v) is 3.07. The topological polar surface area (TPSA) is 168 Å². The number of amidine groups is 1. The molecule has 0 spiro atoms. The number of halogens is 2. The standard InChI is InChI=1S/C19H21Cl2N3O5.Li.H2O/c20-12-9-14(17(15(21)10-12)29-8-7-28-6-5-25)16(19(26)27)24-13-3-1-11(2-4-13)18(22)23;;/h1-4,9-10,16,24-25H,5-8H2,(H3,22,23)(H,26,27);;1H2/q;+1;/p-1. The number of rotatable bonds is 11. The Hall–Kier alpha value is -1.96. The summed E-state index contributed by atoms with van der Waals surface area (Å²) >= 11 is 12.3. The van der Waals surface area contributed by atoms with Crippen molar-refractivity contribution in [1.29, 1.82) is 5.41 Å². The molecule has 0 radical (unpaired) electrons. The number of anilines is 1. The fraction of sp³-hybridized carbons (Fsp3) is 0.263. The Morgan fingerprint density at radius 3 is 2.35 bits per heavy atom. The second-order valence-corrected chi connectivity index (χ2v) is 6.74. The molecule has 1 atom stereocenters. The number of aliphatic hydroxyl groups is 1.